The van der Waals surface area contributed by atoms with Crippen molar-refractivity contribution in [1.82, 2.24) is 10.2 Å². The molecule has 0 aliphatic carbocycles. The van der Waals surface area contributed by atoms with E-state index in [9.17, 15) is 0 Å². The highest BCUT2D eigenvalue weighted by Gasteiger charge is 2.12. The van der Waals surface area contributed by atoms with E-state index in [1.165, 1.54) is 35.8 Å². The summed E-state index contributed by atoms with van der Waals surface area (Å²) in [5, 5.41) is 3.43. The second kappa shape index (κ2) is 9.51. The van der Waals surface area contributed by atoms with Gasteiger partial charge in [-0.05, 0) is 51.7 Å². The Morgan fingerprint density at radius 2 is 1.95 bits per heavy atom. The Morgan fingerprint density at radius 3 is 2.58 bits per heavy atom. The fourth-order valence-corrected chi connectivity index (χ4v) is 2.87. The van der Waals surface area contributed by atoms with Crippen LogP contribution in [0.5, 0.6) is 0 Å². The zero-order valence-electron chi connectivity index (χ0n) is 12.5. The average Bonchev–Trinajstić information content (AvgIpc) is 2.41. The van der Waals surface area contributed by atoms with E-state index >= 15 is 0 Å². The maximum Gasteiger partial charge on any atom is 0.0340 e. The molecule has 1 aromatic rings. The van der Waals surface area contributed by atoms with Crippen LogP contribution in [0.25, 0.3) is 0 Å². The van der Waals surface area contributed by atoms with Gasteiger partial charge in [-0.15, -0.1) is 0 Å². The summed E-state index contributed by atoms with van der Waals surface area (Å²) in [5.74, 6) is 0. The van der Waals surface area contributed by atoms with Crippen LogP contribution in [-0.4, -0.2) is 32.1 Å². The Bertz CT molecular complexity index is 354. The topological polar surface area (TPSA) is 15.3 Å². The summed E-state index contributed by atoms with van der Waals surface area (Å²) in [5.41, 5.74) is 1.35. The van der Waals surface area contributed by atoms with Gasteiger partial charge in [0, 0.05) is 10.5 Å². The van der Waals surface area contributed by atoms with Crippen molar-refractivity contribution in [3.05, 3.63) is 34.3 Å². The van der Waals surface area contributed by atoms with Crippen LogP contribution in [0.1, 0.15) is 44.2 Å². The molecular formula is C16H27BrN2. The lowest BCUT2D eigenvalue weighted by Gasteiger charge is -2.22. The quantitative estimate of drug-likeness (QED) is 0.683. The molecule has 0 aliphatic heterocycles. The molecule has 0 fully saturated rings. The van der Waals surface area contributed by atoms with Crippen LogP contribution in [0, 0.1) is 0 Å². The first-order valence-electron chi connectivity index (χ1n) is 7.29. The lowest BCUT2D eigenvalue weighted by Crippen LogP contribution is -2.26. The van der Waals surface area contributed by atoms with Gasteiger partial charge in [0.25, 0.3) is 0 Å². The molecule has 2 nitrogen and oxygen atoms in total. The zero-order chi connectivity index (χ0) is 14.1. The molecule has 0 saturated heterocycles. The number of nitrogens with zero attached hydrogens (tertiary/aromatic N) is 1. The van der Waals surface area contributed by atoms with Gasteiger partial charge in [-0.1, -0.05) is 53.9 Å². The molecule has 1 atom stereocenters. The van der Waals surface area contributed by atoms with Gasteiger partial charge in [-0.25, -0.2) is 0 Å². The molecule has 1 rings (SSSR count). The molecule has 0 heterocycles. The highest BCUT2D eigenvalue weighted by molar-refractivity contribution is 9.10. The normalized spacial score (nSPS) is 12.9. The Morgan fingerprint density at radius 1 is 1.21 bits per heavy atom. The summed E-state index contributed by atoms with van der Waals surface area (Å²) >= 11 is 3.64. The minimum absolute atomic E-state index is 0.421. The predicted octanol–water partition coefficient (Wildman–Crippen LogP) is 4.22. The molecule has 0 aromatic heterocycles. The van der Waals surface area contributed by atoms with Crippen LogP contribution < -0.4 is 5.32 Å². The van der Waals surface area contributed by atoms with Crippen LogP contribution in [0.3, 0.4) is 0 Å². The van der Waals surface area contributed by atoms with Gasteiger partial charge in [0.1, 0.15) is 0 Å². The Balaban J connectivity index is 2.43. The van der Waals surface area contributed by atoms with E-state index in [-0.39, 0.29) is 0 Å². The first-order chi connectivity index (χ1) is 9.19. The summed E-state index contributed by atoms with van der Waals surface area (Å²) in [6.45, 7) is 4.60. The average molecular weight is 327 g/mol. The number of halogens is 1. The fourth-order valence-electron chi connectivity index (χ4n) is 2.31. The highest BCUT2D eigenvalue weighted by Crippen LogP contribution is 2.25. The fraction of sp³-hybridized carbons (Fsp3) is 0.625. The number of benzene rings is 1. The van der Waals surface area contributed by atoms with Crippen molar-refractivity contribution in [1.29, 1.82) is 0 Å². The summed E-state index contributed by atoms with van der Waals surface area (Å²) in [6.07, 6.45) is 5.09. The van der Waals surface area contributed by atoms with E-state index in [0.717, 1.165) is 13.0 Å². The first kappa shape index (κ1) is 16.7. The van der Waals surface area contributed by atoms with Gasteiger partial charge in [0.05, 0.1) is 0 Å². The van der Waals surface area contributed by atoms with Crippen molar-refractivity contribution in [2.75, 3.05) is 27.2 Å². The van der Waals surface area contributed by atoms with Crippen molar-refractivity contribution >= 4 is 15.9 Å². The Labute approximate surface area is 126 Å². The molecule has 0 saturated carbocycles. The number of hydrogen-bond acceptors (Lipinski definition) is 2. The second-order valence-corrected chi connectivity index (χ2v) is 6.02. The Hall–Kier alpha value is -0.380. The maximum atomic E-state index is 3.64. The van der Waals surface area contributed by atoms with E-state index in [0.29, 0.717) is 6.04 Å². The zero-order valence-corrected chi connectivity index (χ0v) is 14.0. The molecule has 0 bridgehead atoms. The third-order valence-corrected chi connectivity index (χ3v) is 4.29. The van der Waals surface area contributed by atoms with E-state index < -0.39 is 0 Å². The SMILES string of the molecule is CCCCCN(C)CCC(NC)c1ccccc1Br. The summed E-state index contributed by atoms with van der Waals surface area (Å²) in [7, 11) is 4.27. The van der Waals surface area contributed by atoms with Gasteiger partial charge in [0.15, 0.2) is 0 Å². The monoisotopic (exact) mass is 326 g/mol. The molecule has 108 valence electrons. The molecule has 0 spiro atoms. The van der Waals surface area contributed by atoms with Crippen molar-refractivity contribution in [3.8, 4) is 0 Å². The van der Waals surface area contributed by atoms with Gasteiger partial charge >= 0.3 is 0 Å². The summed E-state index contributed by atoms with van der Waals surface area (Å²) in [4.78, 5) is 2.44. The predicted molar refractivity (Wildman–Crippen MR) is 87.6 cm³/mol. The van der Waals surface area contributed by atoms with Gasteiger partial charge < -0.3 is 10.2 Å². The second-order valence-electron chi connectivity index (χ2n) is 5.16. The van der Waals surface area contributed by atoms with E-state index in [2.05, 4.69) is 64.4 Å². The van der Waals surface area contributed by atoms with Crippen LogP contribution in [0.15, 0.2) is 28.7 Å². The van der Waals surface area contributed by atoms with Crippen molar-refractivity contribution in [2.24, 2.45) is 0 Å². The minimum atomic E-state index is 0.421. The number of hydrogen-bond donors (Lipinski definition) is 1. The van der Waals surface area contributed by atoms with Crippen molar-refractivity contribution in [3.63, 3.8) is 0 Å². The van der Waals surface area contributed by atoms with Crippen molar-refractivity contribution in [2.45, 2.75) is 38.6 Å². The number of unbranched alkanes of at least 4 members (excludes halogenated alkanes) is 2. The van der Waals surface area contributed by atoms with Crippen molar-refractivity contribution < 1.29 is 0 Å². The van der Waals surface area contributed by atoms with Gasteiger partial charge in [-0.2, -0.15) is 0 Å². The van der Waals surface area contributed by atoms with E-state index in [1.54, 1.807) is 0 Å². The van der Waals surface area contributed by atoms with E-state index in [1.807, 2.05) is 7.05 Å². The highest BCUT2D eigenvalue weighted by atomic mass is 79.9. The largest absolute Gasteiger partial charge is 0.313 e. The molecule has 19 heavy (non-hydrogen) atoms. The van der Waals surface area contributed by atoms with E-state index in [4.69, 9.17) is 0 Å². The summed E-state index contributed by atoms with van der Waals surface area (Å²) in [6, 6.07) is 8.91. The standard InChI is InChI=1S/C16H27BrN2/c1-4-5-8-12-19(3)13-11-16(18-2)14-9-6-7-10-15(14)17/h6-7,9-10,16,18H,4-5,8,11-13H2,1-3H3. The molecule has 0 amide bonds. The van der Waals surface area contributed by atoms with Crippen LogP contribution >= 0.6 is 15.9 Å². The van der Waals surface area contributed by atoms with Crippen LogP contribution in [0.4, 0.5) is 0 Å². The first-order valence-corrected chi connectivity index (χ1v) is 8.08. The molecular weight excluding hydrogens is 300 g/mol. The summed E-state index contributed by atoms with van der Waals surface area (Å²) < 4.78 is 1.20. The minimum Gasteiger partial charge on any atom is -0.313 e. The molecule has 3 heteroatoms. The molecule has 0 aliphatic rings. The molecule has 0 radical (unpaired) electrons. The molecule has 1 aromatic carbocycles. The van der Waals surface area contributed by atoms with Gasteiger partial charge in [0.2, 0.25) is 0 Å². The van der Waals surface area contributed by atoms with Crippen LogP contribution in [0.2, 0.25) is 0 Å². The maximum absolute atomic E-state index is 3.64. The smallest absolute Gasteiger partial charge is 0.0340 e. The lowest BCUT2D eigenvalue weighted by molar-refractivity contribution is 0.304. The molecule has 1 N–H and O–H groups in total. The van der Waals surface area contributed by atoms with Gasteiger partial charge in [-0.3, -0.25) is 0 Å². The number of nitrogens with one attached hydrogen (secondary N) is 1. The molecule has 1 unspecified atom stereocenters. The Kier molecular flexibility index (Phi) is 8.35. The number of rotatable bonds is 9. The van der Waals surface area contributed by atoms with Crippen LogP contribution in [-0.2, 0) is 0 Å². The third-order valence-electron chi connectivity index (χ3n) is 3.57. The third kappa shape index (κ3) is 6.07. The lowest BCUT2D eigenvalue weighted by atomic mass is 10.0.